The minimum atomic E-state index is -0.583. The molecule has 27 heavy (non-hydrogen) atoms. The molecular formula is C21H24N2O3S. The zero-order chi connectivity index (χ0) is 19.6. The Bertz CT molecular complexity index is 1020. The number of carbonyl (C=O) groups is 1. The Labute approximate surface area is 162 Å². The molecule has 0 radical (unpaired) electrons. The molecule has 1 amide bonds. The van der Waals surface area contributed by atoms with E-state index in [9.17, 15) is 9.59 Å². The van der Waals surface area contributed by atoms with E-state index in [4.69, 9.17) is 4.74 Å². The number of hydrogen-bond acceptors (Lipinski definition) is 4. The van der Waals surface area contributed by atoms with Crippen molar-refractivity contribution in [2.24, 2.45) is 0 Å². The van der Waals surface area contributed by atoms with Gasteiger partial charge in [0.2, 0.25) is 0 Å². The predicted octanol–water partition coefficient (Wildman–Crippen LogP) is 4.50. The molecule has 1 heterocycles. The van der Waals surface area contributed by atoms with Gasteiger partial charge in [0.15, 0.2) is 6.10 Å². The summed E-state index contributed by atoms with van der Waals surface area (Å²) in [4.78, 5) is 24.7. The van der Waals surface area contributed by atoms with E-state index in [2.05, 4.69) is 11.4 Å². The Morgan fingerprint density at radius 2 is 1.85 bits per heavy atom. The van der Waals surface area contributed by atoms with E-state index in [-0.39, 0.29) is 10.8 Å². The first-order valence-electron chi connectivity index (χ1n) is 9.10. The number of carbonyl (C=O) groups excluding carboxylic acids is 1. The summed E-state index contributed by atoms with van der Waals surface area (Å²) in [5.74, 6) is 0.501. The second-order valence-corrected chi connectivity index (χ2v) is 7.62. The topological polar surface area (TPSA) is 60.3 Å². The van der Waals surface area contributed by atoms with Crippen LogP contribution in [0.2, 0.25) is 0 Å². The number of anilines is 1. The van der Waals surface area contributed by atoms with Gasteiger partial charge in [0.05, 0.1) is 10.2 Å². The number of ether oxygens (including phenoxy) is 1. The number of nitrogens with zero attached hydrogens (tertiary/aromatic N) is 1. The van der Waals surface area contributed by atoms with E-state index >= 15 is 0 Å². The van der Waals surface area contributed by atoms with Crippen LogP contribution in [0.15, 0.2) is 41.2 Å². The lowest BCUT2D eigenvalue weighted by Gasteiger charge is -2.18. The van der Waals surface area contributed by atoms with E-state index in [1.807, 2.05) is 58.0 Å². The van der Waals surface area contributed by atoms with Gasteiger partial charge in [-0.15, -0.1) is 0 Å². The molecule has 3 aromatic rings. The van der Waals surface area contributed by atoms with Gasteiger partial charge in [-0.1, -0.05) is 24.3 Å². The van der Waals surface area contributed by atoms with Gasteiger partial charge in [-0.3, -0.25) is 14.2 Å². The fraction of sp³-hybridized carbons (Fsp3) is 0.333. The molecule has 1 atom stereocenters. The number of nitrogens with one attached hydrogen (secondary N) is 1. The average Bonchev–Trinajstić information content (AvgIpc) is 2.92. The molecule has 0 spiro atoms. The third-order valence-electron chi connectivity index (χ3n) is 4.39. The summed E-state index contributed by atoms with van der Waals surface area (Å²) in [6, 6.07) is 11.5. The highest BCUT2D eigenvalue weighted by Gasteiger charge is 2.19. The number of fused-ring (bicyclic) bond motifs is 1. The highest BCUT2D eigenvalue weighted by molar-refractivity contribution is 7.16. The first-order chi connectivity index (χ1) is 12.9. The Hall–Kier alpha value is -2.60. The quantitative estimate of drug-likeness (QED) is 0.681. The van der Waals surface area contributed by atoms with Crippen molar-refractivity contribution in [3.05, 3.63) is 57.2 Å². The molecule has 6 heteroatoms. The molecule has 3 rings (SSSR count). The lowest BCUT2D eigenvalue weighted by atomic mass is 10.1. The van der Waals surface area contributed by atoms with Crippen LogP contribution in [0.25, 0.3) is 10.2 Å². The molecule has 0 saturated heterocycles. The Balaban J connectivity index is 1.78. The maximum Gasteiger partial charge on any atom is 0.308 e. The van der Waals surface area contributed by atoms with Gasteiger partial charge in [0, 0.05) is 12.2 Å². The van der Waals surface area contributed by atoms with E-state index in [0.717, 1.165) is 21.3 Å². The van der Waals surface area contributed by atoms with Crippen molar-refractivity contribution in [1.29, 1.82) is 0 Å². The molecule has 0 unspecified atom stereocenters. The highest BCUT2D eigenvalue weighted by atomic mass is 32.1. The first kappa shape index (κ1) is 19.2. The molecule has 1 N–H and O–H groups in total. The first-order valence-corrected chi connectivity index (χ1v) is 9.92. The van der Waals surface area contributed by atoms with E-state index < -0.39 is 6.10 Å². The standard InChI is InChI=1S/C21H24N2O3S/c1-5-18(26-16-10-13(3)9-14(4)11-16)20(24)22-15-7-8-17-19(12-15)27-21(25)23(17)6-2/h7-12,18H,5-6H2,1-4H3,(H,22,24)/t18-/m1/s1. The Kier molecular flexibility index (Phi) is 5.65. The van der Waals surface area contributed by atoms with Gasteiger partial charge in [0.1, 0.15) is 5.75 Å². The van der Waals surface area contributed by atoms with E-state index in [0.29, 0.717) is 24.4 Å². The van der Waals surface area contributed by atoms with E-state index in [1.165, 1.54) is 11.3 Å². The number of aromatic nitrogens is 1. The predicted molar refractivity (Wildman–Crippen MR) is 111 cm³/mol. The molecule has 0 aliphatic rings. The van der Waals surface area contributed by atoms with Gasteiger partial charge in [0.25, 0.3) is 5.91 Å². The second kappa shape index (κ2) is 7.96. The molecule has 0 bridgehead atoms. The van der Waals surface area contributed by atoms with E-state index in [1.54, 1.807) is 4.57 Å². The number of rotatable bonds is 6. The lowest BCUT2D eigenvalue weighted by molar-refractivity contribution is -0.122. The van der Waals surface area contributed by atoms with Crippen LogP contribution in [0, 0.1) is 13.8 Å². The summed E-state index contributed by atoms with van der Waals surface area (Å²) in [5.41, 5.74) is 3.76. The van der Waals surface area contributed by atoms with Crippen molar-refractivity contribution in [3.8, 4) is 5.75 Å². The number of hydrogen-bond donors (Lipinski definition) is 1. The maximum absolute atomic E-state index is 12.7. The van der Waals surface area contributed by atoms with Crippen LogP contribution in [0.3, 0.4) is 0 Å². The third-order valence-corrected chi connectivity index (χ3v) is 5.33. The summed E-state index contributed by atoms with van der Waals surface area (Å²) in [6.07, 6.45) is -0.0264. The van der Waals surface area contributed by atoms with Gasteiger partial charge in [-0.05, 0) is 68.7 Å². The fourth-order valence-corrected chi connectivity index (χ4v) is 4.15. The van der Waals surface area contributed by atoms with Crippen LogP contribution in [0.5, 0.6) is 5.75 Å². The number of amides is 1. The molecule has 5 nitrogen and oxygen atoms in total. The SMILES string of the molecule is CC[C@@H](Oc1cc(C)cc(C)c1)C(=O)Nc1ccc2c(c1)sc(=O)n2CC. The minimum absolute atomic E-state index is 0.0144. The van der Waals surface area contributed by atoms with Crippen molar-refractivity contribution < 1.29 is 9.53 Å². The number of thiazole rings is 1. The molecule has 0 saturated carbocycles. The zero-order valence-electron chi connectivity index (χ0n) is 16.0. The molecule has 0 fully saturated rings. The number of benzene rings is 2. The zero-order valence-corrected chi connectivity index (χ0v) is 16.9. The molecule has 1 aromatic heterocycles. The van der Waals surface area contributed by atoms with Gasteiger partial charge in [-0.2, -0.15) is 0 Å². The van der Waals surface area contributed by atoms with Crippen molar-refractivity contribution >= 4 is 33.1 Å². The summed E-state index contributed by atoms with van der Waals surface area (Å²) < 4.78 is 8.51. The van der Waals surface area contributed by atoms with Crippen molar-refractivity contribution in [2.45, 2.75) is 46.8 Å². The molecule has 142 valence electrons. The van der Waals surface area contributed by atoms with Crippen LogP contribution in [-0.4, -0.2) is 16.6 Å². The molecule has 0 aliphatic carbocycles. The molecule has 0 aliphatic heterocycles. The van der Waals surface area contributed by atoms with Crippen LogP contribution >= 0.6 is 11.3 Å². The Morgan fingerprint density at radius 1 is 1.15 bits per heavy atom. The molecule has 2 aromatic carbocycles. The summed E-state index contributed by atoms with van der Waals surface area (Å²) in [5, 5.41) is 2.91. The van der Waals surface area contributed by atoms with Crippen LogP contribution < -0.4 is 14.9 Å². The van der Waals surface area contributed by atoms with Crippen LogP contribution in [-0.2, 0) is 11.3 Å². The number of aryl methyl sites for hydroxylation is 3. The Morgan fingerprint density at radius 3 is 2.48 bits per heavy atom. The van der Waals surface area contributed by atoms with Crippen LogP contribution in [0.1, 0.15) is 31.4 Å². The highest BCUT2D eigenvalue weighted by Crippen LogP contribution is 2.23. The fourth-order valence-electron chi connectivity index (χ4n) is 3.15. The third kappa shape index (κ3) is 4.22. The monoisotopic (exact) mass is 384 g/mol. The summed E-state index contributed by atoms with van der Waals surface area (Å²) in [6.45, 7) is 8.50. The van der Waals surface area contributed by atoms with Gasteiger partial charge >= 0.3 is 4.87 Å². The minimum Gasteiger partial charge on any atom is -0.481 e. The summed E-state index contributed by atoms with van der Waals surface area (Å²) >= 11 is 1.19. The lowest BCUT2D eigenvalue weighted by Crippen LogP contribution is -2.32. The van der Waals surface area contributed by atoms with Crippen LogP contribution in [0.4, 0.5) is 5.69 Å². The smallest absolute Gasteiger partial charge is 0.308 e. The summed E-state index contributed by atoms with van der Waals surface area (Å²) in [7, 11) is 0. The second-order valence-electron chi connectivity index (χ2n) is 6.62. The van der Waals surface area contributed by atoms with Gasteiger partial charge in [-0.25, -0.2) is 0 Å². The largest absolute Gasteiger partial charge is 0.481 e. The molecular weight excluding hydrogens is 360 g/mol. The average molecular weight is 385 g/mol. The normalized spacial score (nSPS) is 12.1. The maximum atomic E-state index is 12.7. The van der Waals surface area contributed by atoms with Gasteiger partial charge < -0.3 is 10.1 Å². The van der Waals surface area contributed by atoms with Crippen molar-refractivity contribution in [2.75, 3.05) is 5.32 Å². The van der Waals surface area contributed by atoms with Crippen molar-refractivity contribution in [3.63, 3.8) is 0 Å². The van der Waals surface area contributed by atoms with Crippen molar-refractivity contribution in [1.82, 2.24) is 4.57 Å².